The first-order valence-corrected chi connectivity index (χ1v) is 24.9. The quantitative estimate of drug-likeness (QED) is 0.166. The van der Waals surface area contributed by atoms with Crippen LogP contribution in [0, 0.1) is 0 Å². The van der Waals surface area contributed by atoms with Gasteiger partial charge in [0.1, 0.15) is 11.3 Å². The zero-order chi connectivity index (χ0) is 46.8. The van der Waals surface area contributed by atoms with E-state index < -0.39 is 5.41 Å². The first-order valence-electron chi connectivity index (χ1n) is 24.9. The second-order valence-electron chi connectivity index (χ2n) is 19.6. The van der Waals surface area contributed by atoms with Gasteiger partial charge in [0.2, 0.25) is 0 Å². The lowest BCUT2D eigenvalue weighted by atomic mass is 9.67. The third-order valence-corrected chi connectivity index (χ3v) is 15.8. The Labute approximate surface area is 412 Å². The molecule has 0 N–H and O–H groups in total. The summed E-state index contributed by atoms with van der Waals surface area (Å²) in [7, 11) is 0. The van der Waals surface area contributed by atoms with Crippen LogP contribution in [0.2, 0.25) is 0 Å². The molecular weight excluding hydrogens is 861 g/mol. The summed E-state index contributed by atoms with van der Waals surface area (Å²) < 4.78 is 9.17. The highest BCUT2D eigenvalue weighted by Crippen LogP contribution is 2.65. The van der Waals surface area contributed by atoms with E-state index in [1.54, 1.807) is 0 Å². The number of anilines is 3. The summed E-state index contributed by atoms with van der Waals surface area (Å²) in [5, 5.41) is 3.67. The molecule has 1 atom stereocenters. The maximum atomic E-state index is 6.73. The van der Waals surface area contributed by atoms with Crippen LogP contribution >= 0.6 is 0 Å². The number of allylic oxidation sites excluding steroid dienone is 1. The summed E-state index contributed by atoms with van der Waals surface area (Å²) in [6.45, 7) is 2.48. The fraction of sp³-hybridized carbons (Fsp3) is 0.0588. The van der Waals surface area contributed by atoms with Gasteiger partial charge in [-0.3, -0.25) is 0 Å². The fourth-order valence-electron chi connectivity index (χ4n) is 12.6. The Bertz CT molecular complexity index is 4160. The summed E-state index contributed by atoms with van der Waals surface area (Å²) in [6.07, 6.45) is 6.40. The van der Waals surface area contributed by atoms with Gasteiger partial charge in [-0.2, -0.15) is 0 Å². The van der Waals surface area contributed by atoms with Crippen LogP contribution in [0.4, 0.5) is 17.1 Å². The van der Waals surface area contributed by atoms with Crippen molar-refractivity contribution in [3.05, 3.63) is 259 Å². The van der Waals surface area contributed by atoms with Crippen molar-refractivity contribution >= 4 is 55.9 Å². The molecule has 0 radical (unpaired) electrons. The van der Waals surface area contributed by atoms with E-state index in [1.165, 1.54) is 116 Å². The number of aromatic nitrogens is 1. The number of para-hydroxylation sites is 1. The van der Waals surface area contributed by atoms with Gasteiger partial charge < -0.3 is 13.9 Å². The van der Waals surface area contributed by atoms with Crippen LogP contribution in [-0.2, 0) is 11.8 Å². The van der Waals surface area contributed by atoms with Crippen molar-refractivity contribution in [1.29, 1.82) is 0 Å². The molecular formula is C68H46N2O. The van der Waals surface area contributed by atoms with Gasteiger partial charge in [0.05, 0.1) is 22.4 Å². The Hall–Kier alpha value is -8.92. The third kappa shape index (κ3) is 5.90. The Morgan fingerprint density at radius 2 is 1.00 bits per heavy atom. The van der Waals surface area contributed by atoms with Crippen LogP contribution in [0.15, 0.2) is 235 Å². The topological polar surface area (TPSA) is 21.3 Å². The second-order valence-corrected chi connectivity index (χ2v) is 19.6. The molecule has 15 rings (SSSR count). The van der Waals surface area contributed by atoms with Crippen molar-refractivity contribution in [2.75, 3.05) is 4.90 Å². The van der Waals surface area contributed by atoms with Gasteiger partial charge in [-0.15, -0.1) is 0 Å². The van der Waals surface area contributed by atoms with Crippen LogP contribution in [0.5, 0.6) is 0 Å². The molecule has 10 aromatic carbocycles. The number of aryl methyl sites for hydroxylation is 1. The number of hydrogen-bond acceptors (Lipinski definition) is 2. The van der Waals surface area contributed by atoms with E-state index in [4.69, 9.17) is 4.42 Å². The van der Waals surface area contributed by atoms with E-state index in [-0.39, 0.29) is 0 Å². The lowest BCUT2D eigenvalue weighted by Gasteiger charge is -2.44. The highest BCUT2D eigenvalue weighted by atomic mass is 16.3. The molecule has 12 aromatic rings. The third-order valence-electron chi connectivity index (χ3n) is 15.8. The number of rotatable bonds is 6. The second kappa shape index (κ2) is 15.3. The van der Waals surface area contributed by atoms with Gasteiger partial charge in [-0.1, -0.05) is 164 Å². The number of benzene rings is 10. The average molecular weight is 907 g/mol. The molecule has 0 amide bonds. The Kier molecular flexibility index (Phi) is 8.62. The van der Waals surface area contributed by atoms with Crippen molar-refractivity contribution in [2.45, 2.75) is 25.2 Å². The SMILES string of the molecule is CC12c3ccccc3-c3cc(-c4ccc5c6ccccc6n(-c6ccc(-c7ccccc7)cc6)c5c4)cc(c31)N(c1ccc3c4c(oc3c1)C=CCC4)c1cc(-c3ccccc3)cc(-c3ccccc3)c12. The lowest BCUT2D eigenvalue weighted by molar-refractivity contribution is 0.595. The van der Waals surface area contributed by atoms with Crippen molar-refractivity contribution in [2.24, 2.45) is 0 Å². The first kappa shape index (κ1) is 40.0. The van der Waals surface area contributed by atoms with Crippen LogP contribution in [0.3, 0.4) is 0 Å². The number of hydrogen-bond donors (Lipinski definition) is 0. The molecule has 334 valence electrons. The van der Waals surface area contributed by atoms with Crippen molar-refractivity contribution in [3.63, 3.8) is 0 Å². The molecule has 2 aromatic heterocycles. The van der Waals surface area contributed by atoms with E-state index in [0.717, 1.165) is 35.6 Å². The predicted octanol–water partition coefficient (Wildman–Crippen LogP) is 18.3. The van der Waals surface area contributed by atoms with E-state index in [1.807, 2.05) is 0 Å². The zero-order valence-electron chi connectivity index (χ0n) is 39.2. The van der Waals surface area contributed by atoms with E-state index in [0.29, 0.717) is 0 Å². The maximum Gasteiger partial charge on any atom is 0.137 e. The van der Waals surface area contributed by atoms with E-state index in [2.05, 4.69) is 253 Å². The predicted molar refractivity (Wildman–Crippen MR) is 295 cm³/mol. The van der Waals surface area contributed by atoms with Gasteiger partial charge in [0.25, 0.3) is 0 Å². The fourth-order valence-corrected chi connectivity index (χ4v) is 12.6. The van der Waals surface area contributed by atoms with Gasteiger partial charge in [0.15, 0.2) is 0 Å². The monoisotopic (exact) mass is 906 g/mol. The molecule has 0 fully saturated rings. The molecule has 71 heavy (non-hydrogen) atoms. The summed E-state index contributed by atoms with van der Waals surface area (Å²) in [5.41, 5.74) is 24.8. The molecule has 1 unspecified atom stereocenters. The normalized spacial score (nSPS) is 15.3. The molecule has 0 bridgehead atoms. The van der Waals surface area contributed by atoms with Gasteiger partial charge in [0, 0.05) is 44.6 Å². The van der Waals surface area contributed by atoms with Crippen LogP contribution in [-0.4, -0.2) is 4.57 Å². The minimum atomic E-state index is -0.479. The van der Waals surface area contributed by atoms with Crippen LogP contribution in [0.1, 0.15) is 41.4 Å². The van der Waals surface area contributed by atoms with Crippen molar-refractivity contribution < 1.29 is 4.42 Å². The Morgan fingerprint density at radius 3 is 1.77 bits per heavy atom. The molecule has 3 heteroatoms. The lowest BCUT2D eigenvalue weighted by Crippen LogP contribution is -2.33. The summed E-state index contributed by atoms with van der Waals surface area (Å²) in [6, 6.07) is 83.4. The zero-order valence-corrected chi connectivity index (χ0v) is 39.2. The number of nitrogens with zero attached hydrogens (tertiary/aromatic N) is 2. The first-order chi connectivity index (χ1) is 35.1. The summed E-state index contributed by atoms with van der Waals surface area (Å²) >= 11 is 0. The number of furan rings is 1. The molecule has 0 saturated heterocycles. The van der Waals surface area contributed by atoms with Gasteiger partial charge in [-0.25, -0.2) is 0 Å². The highest BCUT2D eigenvalue weighted by molar-refractivity contribution is 6.11. The molecule has 2 aliphatic carbocycles. The minimum Gasteiger partial charge on any atom is -0.456 e. The van der Waals surface area contributed by atoms with Crippen molar-refractivity contribution in [3.8, 4) is 61.3 Å². The molecule has 0 spiro atoms. The Balaban J connectivity index is 1.01. The van der Waals surface area contributed by atoms with Gasteiger partial charge in [-0.05, 0) is 159 Å². The number of fused-ring (bicyclic) bond motifs is 11. The molecule has 3 heterocycles. The molecule has 1 aliphatic heterocycles. The molecule has 3 nitrogen and oxygen atoms in total. The maximum absolute atomic E-state index is 6.73. The molecule has 3 aliphatic rings. The Morgan fingerprint density at radius 1 is 0.423 bits per heavy atom. The highest BCUT2D eigenvalue weighted by Gasteiger charge is 2.50. The van der Waals surface area contributed by atoms with Gasteiger partial charge >= 0.3 is 0 Å². The summed E-state index contributed by atoms with van der Waals surface area (Å²) in [4.78, 5) is 2.56. The van der Waals surface area contributed by atoms with Crippen LogP contribution < -0.4 is 4.90 Å². The van der Waals surface area contributed by atoms with E-state index >= 15 is 0 Å². The van der Waals surface area contributed by atoms with Crippen LogP contribution in [0.25, 0.3) is 100 Å². The summed E-state index contributed by atoms with van der Waals surface area (Å²) in [5.74, 6) is 0.978. The smallest absolute Gasteiger partial charge is 0.137 e. The minimum absolute atomic E-state index is 0.479. The average Bonchev–Trinajstić information content (AvgIpc) is 4.07. The van der Waals surface area contributed by atoms with E-state index in [9.17, 15) is 0 Å². The standard InChI is InChI=1S/C68H46N2O/c1-68-59-26-14-11-23-52(59)58-38-49(47-31-35-54-53-24-12-15-27-60(53)69(61(54)39-47)50-32-29-45(30-33-50)43-17-5-2-6-18-43)41-63(67(58)68)70(51-34-36-56-55-25-13-16-28-64(55)71-65(56)42-51)62-40-48(44-19-7-3-8-20-44)37-57(66(62)68)46-21-9-4-10-22-46/h2-12,14-24,26-42H,13,25H2,1H3. The van der Waals surface area contributed by atoms with Crippen molar-refractivity contribution in [1.82, 2.24) is 4.57 Å². The molecule has 0 saturated carbocycles. The largest absolute Gasteiger partial charge is 0.456 e.